The summed E-state index contributed by atoms with van der Waals surface area (Å²) < 4.78 is 22.4. The molecule has 88 valence electrons. The van der Waals surface area contributed by atoms with E-state index in [2.05, 4.69) is 5.32 Å². The average Bonchev–Trinajstić information content (AvgIpc) is 2.13. The molecule has 0 spiro atoms. The number of sulfone groups is 1. The number of nitrogens with one attached hydrogen (secondary N) is 1. The molecule has 4 nitrogen and oxygen atoms in total. The molecule has 2 aliphatic rings. The Hall–Kier alpha value is -0.130. The second kappa shape index (κ2) is 4.03. The van der Waals surface area contributed by atoms with Crippen LogP contribution in [0.5, 0.6) is 0 Å². The molecule has 0 amide bonds. The Morgan fingerprint density at radius 3 is 2.33 bits per heavy atom. The van der Waals surface area contributed by atoms with Crippen LogP contribution in [0.2, 0.25) is 0 Å². The second-order valence-corrected chi connectivity index (χ2v) is 7.19. The monoisotopic (exact) mass is 233 g/mol. The van der Waals surface area contributed by atoms with Crippen molar-refractivity contribution in [3.05, 3.63) is 0 Å². The van der Waals surface area contributed by atoms with E-state index in [1.807, 2.05) is 0 Å². The topological polar surface area (TPSA) is 66.4 Å². The Kier molecular flexibility index (Phi) is 3.05. The van der Waals surface area contributed by atoms with Crippen LogP contribution in [-0.2, 0) is 9.84 Å². The summed E-state index contributed by atoms with van der Waals surface area (Å²) in [5.41, 5.74) is -0.504. The van der Waals surface area contributed by atoms with Crippen molar-refractivity contribution in [1.82, 2.24) is 5.32 Å². The molecule has 1 saturated carbocycles. The van der Waals surface area contributed by atoms with Crippen molar-refractivity contribution >= 4 is 9.84 Å². The van der Waals surface area contributed by atoms with Gasteiger partial charge in [-0.2, -0.15) is 0 Å². The quantitative estimate of drug-likeness (QED) is 0.724. The highest BCUT2D eigenvalue weighted by Crippen LogP contribution is 2.31. The molecule has 5 heteroatoms. The van der Waals surface area contributed by atoms with E-state index < -0.39 is 15.4 Å². The maximum absolute atomic E-state index is 11.2. The second-order valence-electron chi connectivity index (χ2n) is 4.88. The fourth-order valence-corrected chi connectivity index (χ4v) is 3.68. The first kappa shape index (κ1) is 11.4. The van der Waals surface area contributed by atoms with Crippen LogP contribution >= 0.6 is 0 Å². The van der Waals surface area contributed by atoms with Crippen molar-refractivity contribution in [2.24, 2.45) is 0 Å². The predicted octanol–water partition coefficient (Wildman–Crippen LogP) is 0.0682. The zero-order valence-electron chi connectivity index (χ0n) is 8.91. The highest BCUT2D eigenvalue weighted by molar-refractivity contribution is 7.91. The number of rotatable bonds is 3. The minimum absolute atomic E-state index is 0.276. The van der Waals surface area contributed by atoms with E-state index in [0.717, 1.165) is 19.3 Å². The molecule has 0 radical (unpaired) electrons. The molecule has 1 heterocycles. The van der Waals surface area contributed by atoms with Gasteiger partial charge in [0.15, 0.2) is 0 Å². The largest absolute Gasteiger partial charge is 0.389 e. The van der Waals surface area contributed by atoms with Gasteiger partial charge in [0.1, 0.15) is 9.84 Å². The molecule has 2 rings (SSSR count). The van der Waals surface area contributed by atoms with Crippen LogP contribution < -0.4 is 5.32 Å². The number of aliphatic hydroxyl groups is 1. The Balaban J connectivity index is 1.73. The van der Waals surface area contributed by atoms with Gasteiger partial charge in [-0.1, -0.05) is 0 Å². The molecule has 1 aliphatic heterocycles. The molecule has 1 saturated heterocycles. The lowest BCUT2D eigenvalue weighted by molar-refractivity contribution is -0.0333. The molecule has 1 aliphatic carbocycles. The molecule has 0 atom stereocenters. The van der Waals surface area contributed by atoms with Crippen LogP contribution in [0.4, 0.5) is 0 Å². The van der Waals surface area contributed by atoms with Crippen LogP contribution in [0.3, 0.4) is 0 Å². The van der Waals surface area contributed by atoms with Crippen LogP contribution in [0.1, 0.15) is 32.1 Å². The predicted molar refractivity (Wildman–Crippen MR) is 58.5 cm³/mol. The van der Waals surface area contributed by atoms with E-state index in [0.29, 0.717) is 30.9 Å². The standard InChI is InChI=1S/C10H19NO3S/c12-10(4-1-5-10)8-11-9-2-6-15(13,14)7-3-9/h9,11-12H,1-8H2. The summed E-state index contributed by atoms with van der Waals surface area (Å²) in [5, 5.41) is 13.1. The van der Waals surface area contributed by atoms with Crippen LogP contribution in [0.25, 0.3) is 0 Å². The zero-order chi connectivity index (χ0) is 10.9. The lowest BCUT2D eigenvalue weighted by Crippen LogP contribution is -2.50. The molecule has 0 unspecified atom stereocenters. The highest BCUT2D eigenvalue weighted by Gasteiger charge is 2.35. The first-order valence-electron chi connectivity index (χ1n) is 5.65. The van der Waals surface area contributed by atoms with Gasteiger partial charge in [0.05, 0.1) is 17.1 Å². The van der Waals surface area contributed by atoms with Gasteiger partial charge >= 0.3 is 0 Å². The Bertz CT molecular complexity index is 308. The summed E-state index contributed by atoms with van der Waals surface area (Å²) in [6.07, 6.45) is 4.25. The third-order valence-electron chi connectivity index (χ3n) is 3.56. The summed E-state index contributed by atoms with van der Waals surface area (Å²) in [5.74, 6) is 0.589. The van der Waals surface area contributed by atoms with Crippen molar-refractivity contribution in [2.45, 2.75) is 43.7 Å². The van der Waals surface area contributed by atoms with Crippen LogP contribution in [-0.4, -0.2) is 43.2 Å². The van der Waals surface area contributed by atoms with Gasteiger partial charge in [0, 0.05) is 12.6 Å². The SMILES string of the molecule is O=S1(=O)CCC(NCC2(O)CCC2)CC1. The summed E-state index contributed by atoms with van der Waals surface area (Å²) in [4.78, 5) is 0. The fraction of sp³-hybridized carbons (Fsp3) is 1.00. The molecule has 2 fully saturated rings. The first-order valence-corrected chi connectivity index (χ1v) is 7.48. The summed E-state index contributed by atoms with van der Waals surface area (Å²) in [6, 6.07) is 0.276. The van der Waals surface area contributed by atoms with Crippen LogP contribution in [0.15, 0.2) is 0 Å². The zero-order valence-corrected chi connectivity index (χ0v) is 9.72. The van der Waals surface area contributed by atoms with Gasteiger partial charge in [-0.15, -0.1) is 0 Å². The molecular weight excluding hydrogens is 214 g/mol. The van der Waals surface area contributed by atoms with Gasteiger partial charge < -0.3 is 10.4 Å². The van der Waals surface area contributed by atoms with Gasteiger partial charge in [-0.3, -0.25) is 0 Å². The van der Waals surface area contributed by atoms with Crippen molar-refractivity contribution in [1.29, 1.82) is 0 Å². The smallest absolute Gasteiger partial charge is 0.150 e. The van der Waals surface area contributed by atoms with Crippen molar-refractivity contribution in [3.63, 3.8) is 0 Å². The maximum Gasteiger partial charge on any atom is 0.150 e. The van der Waals surface area contributed by atoms with Crippen LogP contribution in [0, 0.1) is 0 Å². The van der Waals surface area contributed by atoms with Crippen molar-refractivity contribution in [3.8, 4) is 0 Å². The minimum atomic E-state index is -2.76. The normalized spacial score (nSPS) is 29.7. The Morgan fingerprint density at radius 1 is 1.27 bits per heavy atom. The van der Waals surface area contributed by atoms with Crippen molar-refractivity contribution < 1.29 is 13.5 Å². The van der Waals surface area contributed by atoms with E-state index in [1.165, 1.54) is 0 Å². The maximum atomic E-state index is 11.2. The van der Waals surface area contributed by atoms with E-state index in [4.69, 9.17) is 0 Å². The Labute approximate surface area is 91.0 Å². The summed E-state index contributed by atoms with van der Waals surface area (Å²) in [6.45, 7) is 0.623. The average molecular weight is 233 g/mol. The van der Waals surface area contributed by atoms with E-state index >= 15 is 0 Å². The third kappa shape index (κ3) is 2.92. The van der Waals surface area contributed by atoms with Gasteiger partial charge in [0.2, 0.25) is 0 Å². The lowest BCUT2D eigenvalue weighted by Gasteiger charge is -2.38. The molecule has 15 heavy (non-hydrogen) atoms. The molecule has 0 bridgehead atoms. The minimum Gasteiger partial charge on any atom is -0.389 e. The summed E-state index contributed by atoms with van der Waals surface area (Å²) >= 11 is 0. The molecule has 0 aromatic heterocycles. The molecular formula is C10H19NO3S. The molecule has 0 aromatic carbocycles. The summed E-state index contributed by atoms with van der Waals surface area (Å²) in [7, 11) is -2.76. The third-order valence-corrected chi connectivity index (χ3v) is 5.27. The highest BCUT2D eigenvalue weighted by atomic mass is 32.2. The van der Waals surface area contributed by atoms with Gasteiger partial charge in [-0.05, 0) is 32.1 Å². The molecule has 2 N–H and O–H groups in total. The molecule has 0 aromatic rings. The van der Waals surface area contributed by atoms with Crippen molar-refractivity contribution in [2.75, 3.05) is 18.1 Å². The fourth-order valence-electron chi connectivity index (χ4n) is 2.19. The lowest BCUT2D eigenvalue weighted by atomic mass is 9.80. The number of hydrogen-bond acceptors (Lipinski definition) is 4. The van der Waals surface area contributed by atoms with E-state index in [1.54, 1.807) is 0 Å². The number of hydrogen-bond donors (Lipinski definition) is 2. The van der Waals surface area contributed by atoms with E-state index in [-0.39, 0.29) is 6.04 Å². The van der Waals surface area contributed by atoms with Gasteiger partial charge in [-0.25, -0.2) is 8.42 Å². The first-order chi connectivity index (χ1) is 6.99. The van der Waals surface area contributed by atoms with Gasteiger partial charge in [0.25, 0.3) is 0 Å². The van der Waals surface area contributed by atoms with E-state index in [9.17, 15) is 13.5 Å². The Morgan fingerprint density at radius 2 is 1.87 bits per heavy atom.